The Morgan fingerprint density at radius 1 is 1.22 bits per heavy atom. The van der Waals surface area contributed by atoms with Gasteiger partial charge in [0.2, 0.25) is 5.78 Å². The van der Waals surface area contributed by atoms with E-state index < -0.39 is 22.9 Å². The molecule has 0 amide bonds. The maximum absolute atomic E-state index is 12.2. The summed E-state index contributed by atoms with van der Waals surface area (Å²) in [6, 6.07) is 0. The second-order valence-corrected chi connectivity index (χ2v) is 9.46. The van der Waals surface area contributed by atoms with Crippen molar-refractivity contribution in [1.82, 2.24) is 0 Å². The van der Waals surface area contributed by atoms with Crippen LogP contribution >= 0.6 is 0 Å². The summed E-state index contributed by atoms with van der Waals surface area (Å²) in [7, 11) is 0. The molecule has 0 radical (unpaired) electrons. The molecule has 3 saturated carbocycles. The van der Waals surface area contributed by atoms with Crippen LogP contribution in [0.15, 0.2) is 11.6 Å². The highest BCUT2D eigenvalue weighted by molar-refractivity contribution is 6.29. The van der Waals surface area contributed by atoms with Crippen LogP contribution in [-0.4, -0.2) is 45.2 Å². The zero-order valence-corrected chi connectivity index (χ0v) is 16.0. The number of hydrogen-bond acceptors (Lipinski definition) is 5. The third-order valence-corrected chi connectivity index (χ3v) is 8.56. The van der Waals surface area contributed by atoms with Gasteiger partial charge in [0, 0.05) is 11.8 Å². The molecule has 0 aliphatic heterocycles. The molecule has 4 aliphatic carbocycles. The van der Waals surface area contributed by atoms with Crippen molar-refractivity contribution in [2.45, 2.75) is 70.5 Å². The first kappa shape index (κ1) is 20.4. The van der Waals surface area contributed by atoms with E-state index in [0.717, 1.165) is 24.8 Å². The highest BCUT2D eigenvalue weighted by Crippen LogP contribution is 2.67. The largest absolute Gasteiger partial charge is 0.412 e. The smallest absolute Gasteiger partial charge is 0.227 e. The van der Waals surface area contributed by atoms with Crippen LogP contribution in [-0.2, 0) is 14.4 Å². The van der Waals surface area contributed by atoms with Crippen LogP contribution in [0.1, 0.15) is 58.8 Å². The summed E-state index contributed by atoms with van der Waals surface area (Å²) in [5, 5.41) is 22.3. The van der Waals surface area contributed by atoms with Crippen molar-refractivity contribution < 1.29 is 30.1 Å². The molecular formula is C21H30O6. The van der Waals surface area contributed by atoms with Crippen LogP contribution < -0.4 is 0 Å². The summed E-state index contributed by atoms with van der Waals surface area (Å²) in [6.07, 6.45) is 5.68. The van der Waals surface area contributed by atoms with E-state index in [2.05, 4.69) is 6.92 Å². The average Bonchev–Trinajstić information content (AvgIpc) is 2.86. The van der Waals surface area contributed by atoms with Gasteiger partial charge in [-0.15, -0.1) is 0 Å². The van der Waals surface area contributed by atoms with E-state index in [1.54, 1.807) is 6.08 Å². The minimum absolute atomic E-state index is 0. The molecule has 0 aromatic heterocycles. The minimum atomic E-state index is -1.66. The van der Waals surface area contributed by atoms with Crippen molar-refractivity contribution >= 4 is 17.9 Å². The number of hydrogen-bond donors (Lipinski definition) is 2. The van der Waals surface area contributed by atoms with Crippen molar-refractivity contribution in [3.8, 4) is 0 Å². The molecule has 3 fully saturated rings. The Morgan fingerprint density at radius 2 is 1.93 bits per heavy atom. The van der Waals surface area contributed by atoms with Gasteiger partial charge in [-0.25, -0.2) is 0 Å². The lowest BCUT2D eigenvalue weighted by atomic mass is 9.45. The molecule has 6 heteroatoms. The lowest BCUT2D eigenvalue weighted by Gasteiger charge is -2.60. The molecular weight excluding hydrogens is 348 g/mol. The topological polar surface area (TPSA) is 123 Å². The van der Waals surface area contributed by atoms with E-state index in [-0.39, 0.29) is 40.7 Å². The number of allylic oxidation sites excluding steroid dienone is 1. The molecule has 27 heavy (non-hydrogen) atoms. The Hall–Kier alpha value is -1.37. The van der Waals surface area contributed by atoms with Crippen LogP contribution in [0.4, 0.5) is 0 Å². The molecule has 0 aromatic rings. The molecule has 4 aliphatic rings. The monoisotopic (exact) mass is 378 g/mol. The summed E-state index contributed by atoms with van der Waals surface area (Å²) in [5.74, 6) is -0.215. The van der Waals surface area contributed by atoms with Gasteiger partial charge in [-0.3, -0.25) is 14.4 Å². The second-order valence-electron chi connectivity index (χ2n) is 9.46. The van der Waals surface area contributed by atoms with Crippen LogP contribution in [0.3, 0.4) is 0 Å². The molecule has 0 saturated heterocycles. The summed E-state index contributed by atoms with van der Waals surface area (Å²) in [4.78, 5) is 35.3. The molecule has 6 nitrogen and oxygen atoms in total. The van der Waals surface area contributed by atoms with Crippen LogP contribution in [0, 0.1) is 28.6 Å². The van der Waals surface area contributed by atoms with Crippen molar-refractivity contribution in [3.05, 3.63) is 11.6 Å². The van der Waals surface area contributed by atoms with Gasteiger partial charge < -0.3 is 15.7 Å². The summed E-state index contributed by atoms with van der Waals surface area (Å²) < 4.78 is 0. The van der Waals surface area contributed by atoms with Gasteiger partial charge in [-0.1, -0.05) is 19.4 Å². The van der Waals surface area contributed by atoms with Crippen molar-refractivity contribution in [3.63, 3.8) is 0 Å². The summed E-state index contributed by atoms with van der Waals surface area (Å²) in [5.41, 5.74) is -1.46. The minimum Gasteiger partial charge on any atom is -0.412 e. The third kappa shape index (κ3) is 2.46. The summed E-state index contributed by atoms with van der Waals surface area (Å²) in [6.45, 7) is 4.05. The quantitative estimate of drug-likeness (QED) is 0.551. The number of aldehydes is 1. The van der Waals surface area contributed by atoms with Crippen molar-refractivity contribution in [2.75, 3.05) is 0 Å². The zero-order chi connectivity index (χ0) is 18.9. The zero-order valence-electron chi connectivity index (χ0n) is 16.0. The molecule has 0 spiro atoms. The van der Waals surface area contributed by atoms with Crippen molar-refractivity contribution in [2.24, 2.45) is 28.6 Å². The molecule has 4 N–H and O–H groups in total. The van der Waals surface area contributed by atoms with E-state index in [1.165, 1.54) is 0 Å². The number of fused-ring (bicyclic) bond motifs is 5. The third-order valence-electron chi connectivity index (χ3n) is 8.56. The van der Waals surface area contributed by atoms with Crippen LogP contribution in [0.2, 0.25) is 0 Å². The summed E-state index contributed by atoms with van der Waals surface area (Å²) >= 11 is 0. The second kappa shape index (κ2) is 6.33. The Balaban J connectivity index is 0.00000210. The van der Waals surface area contributed by atoms with E-state index in [4.69, 9.17) is 0 Å². The molecule has 0 aromatic carbocycles. The van der Waals surface area contributed by atoms with Gasteiger partial charge in [0.1, 0.15) is 5.60 Å². The van der Waals surface area contributed by atoms with Crippen LogP contribution in [0.5, 0.6) is 0 Å². The number of carbonyl (C=O) groups is 3. The van der Waals surface area contributed by atoms with Gasteiger partial charge in [0.05, 0.1) is 6.10 Å². The van der Waals surface area contributed by atoms with Gasteiger partial charge in [0.25, 0.3) is 0 Å². The Morgan fingerprint density at radius 3 is 2.59 bits per heavy atom. The van der Waals surface area contributed by atoms with E-state index in [0.29, 0.717) is 25.7 Å². The van der Waals surface area contributed by atoms with Gasteiger partial charge in [0.15, 0.2) is 12.1 Å². The normalized spacial score (nSPS) is 48.4. The Labute approximate surface area is 159 Å². The number of aliphatic hydroxyl groups is 2. The number of rotatable bonds is 2. The SMILES string of the molecule is C[C@@]12CCC(=O)C=C1CC[C@H]1[C@H]2[C@H](O)C[C@]2(C)[C@@H]1CC[C@@]2(O)C(=O)C=O.O. The molecule has 0 heterocycles. The average molecular weight is 378 g/mol. The molecule has 0 bridgehead atoms. The van der Waals surface area contributed by atoms with Gasteiger partial charge >= 0.3 is 0 Å². The number of carbonyl (C=O) groups excluding carboxylic acids is 3. The molecule has 0 unspecified atom stereocenters. The fourth-order valence-electron chi connectivity index (χ4n) is 7.19. The Kier molecular flexibility index (Phi) is 4.77. The number of aliphatic hydroxyl groups excluding tert-OH is 1. The molecule has 7 atom stereocenters. The van der Waals surface area contributed by atoms with Crippen LogP contribution in [0.25, 0.3) is 0 Å². The van der Waals surface area contributed by atoms with Crippen molar-refractivity contribution in [1.29, 1.82) is 0 Å². The number of ketones is 2. The van der Waals surface area contributed by atoms with E-state index in [1.807, 2.05) is 6.92 Å². The molecule has 150 valence electrons. The highest BCUT2D eigenvalue weighted by atomic mass is 16.3. The van der Waals surface area contributed by atoms with E-state index >= 15 is 0 Å². The standard InChI is InChI=1S/C21H28O5.H2O/c1-19-7-5-13(23)9-12(19)3-4-14-15-6-8-21(26,17(25)11-22)20(15,2)10-16(24)18(14)19;/h9,11,14-16,18,24,26H,3-8,10H2,1-2H3;1H2/t14-,15-,16-,18+,19-,20-,21-;/m1./s1. The lowest BCUT2D eigenvalue weighted by molar-refractivity contribution is -0.180. The predicted molar refractivity (Wildman–Crippen MR) is 97.7 cm³/mol. The fourth-order valence-corrected chi connectivity index (χ4v) is 7.19. The van der Waals surface area contributed by atoms with Gasteiger partial charge in [-0.2, -0.15) is 0 Å². The fraction of sp³-hybridized carbons (Fsp3) is 0.762. The van der Waals surface area contributed by atoms with E-state index in [9.17, 15) is 24.6 Å². The maximum atomic E-state index is 12.2. The maximum Gasteiger partial charge on any atom is 0.227 e. The first-order valence-corrected chi connectivity index (χ1v) is 9.81. The highest BCUT2D eigenvalue weighted by Gasteiger charge is 2.68. The molecule has 4 rings (SSSR count). The first-order chi connectivity index (χ1) is 12.2. The number of Topliss-reactive ketones (excluding diaryl/α,β-unsaturated/α-hetero) is 1. The van der Waals surface area contributed by atoms with Gasteiger partial charge in [-0.05, 0) is 67.8 Å². The Bertz CT molecular complexity index is 713. The first-order valence-electron chi connectivity index (χ1n) is 9.81. The lowest BCUT2D eigenvalue weighted by Crippen LogP contribution is -2.61. The predicted octanol–water partition coefficient (Wildman–Crippen LogP) is 1.16.